The van der Waals surface area contributed by atoms with E-state index < -0.39 is 5.60 Å². The van der Waals surface area contributed by atoms with Crippen LogP contribution in [0, 0.1) is 10.8 Å². The number of rotatable bonds is 0. The van der Waals surface area contributed by atoms with Crippen molar-refractivity contribution in [2.24, 2.45) is 10.8 Å². The zero-order valence-corrected chi connectivity index (χ0v) is 10.4. The maximum atomic E-state index is 10.9. The van der Waals surface area contributed by atoms with E-state index in [0.717, 1.165) is 18.4 Å². The summed E-state index contributed by atoms with van der Waals surface area (Å²) in [5.74, 6) is 0. The monoisotopic (exact) mass is 196 g/mol. The molecule has 0 amide bonds. The molecule has 0 fully saturated rings. The van der Waals surface area contributed by atoms with Crippen molar-refractivity contribution < 1.29 is 5.11 Å². The van der Waals surface area contributed by atoms with Crippen LogP contribution in [-0.4, -0.2) is 10.7 Å². The van der Waals surface area contributed by atoms with E-state index in [4.69, 9.17) is 0 Å². The van der Waals surface area contributed by atoms with E-state index in [1.165, 1.54) is 0 Å². The quantitative estimate of drug-likeness (QED) is 0.588. The van der Waals surface area contributed by atoms with Gasteiger partial charge in [-0.1, -0.05) is 40.7 Å². The van der Waals surface area contributed by atoms with Gasteiger partial charge in [0.2, 0.25) is 0 Å². The van der Waals surface area contributed by atoms with Crippen LogP contribution in [0.1, 0.15) is 54.4 Å². The third-order valence-electron chi connectivity index (χ3n) is 3.86. The first-order valence-electron chi connectivity index (χ1n) is 5.52. The molecule has 0 saturated carbocycles. The second-order valence-electron chi connectivity index (χ2n) is 6.27. The largest absolute Gasteiger partial charge is 0.384 e. The summed E-state index contributed by atoms with van der Waals surface area (Å²) in [6.07, 6.45) is 4.35. The third-order valence-corrected chi connectivity index (χ3v) is 3.86. The summed E-state index contributed by atoms with van der Waals surface area (Å²) in [5, 5.41) is 10.9. The molecule has 0 aromatic heterocycles. The Morgan fingerprint density at radius 1 is 1.29 bits per heavy atom. The van der Waals surface area contributed by atoms with Gasteiger partial charge in [-0.15, -0.1) is 0 Å². The maximum absolute atomic E-state index is 10.9. The molecule has 1 heteroatoms. The predicted octanol–water partition coefficient (Wildman–Crippen LogP) is 3.53. The molecule has 0 aromatic rings. The normalized spacial score (nSPS) is 32.6. The van der Waals surface area contributed by atoms with Gasteiger partial charge in [-0.25, -0.2) is 0 Å². The first-order chi connectivity index (χ1) is 6.13. The van der Waals surface area contributed by atoms with Crippen molar-refractivity contribution in [3.8, 4) is 0 Å². The lowest BCUT2D eigenvalue weighted by atomic mass is 9.55. The van der Waals surface area contributed by atoms with Gasteiger partial charge in [0, 0.05) is 0 Å². The second kappa shape index (κ2) is 3.10. The van der Waals surface area contributed by atoms with E-state index in [1.807, 2.05) is 0 Å². The molecule has 1 unspecified atom stereocenters. The average Bonchev–Trinajstić information content (AvgIpc) is 1.97. The van der Waals surface area contributed by atoms with E-state index >= 15 is 0 Å². The van der Waals surface area contributed by atoms with Crippen LogP contribution in [0.15, 0.2) is 11.6 Å². The summed E-state index contributed by atoms with van der Waals surface area (Å²) < 4.78 is 0. The number of allylic oxidation sites excluding steroid dienone is 1. The van der Waals surface area contributed by atoms with E-state index in [2.05, 4.69) is 47.6 Å². The van der Waals surface area contributed by atoms with Crippen LogP contribution in [-0.2, 0) is 0 Å². The van der Waals surface area contributed by atoms with Crippen LogP contribution in [0.5, 0.6) is 0 Å². The van der Waals surface area contributed by atoms with Gasteiger partial charge in [-0.3, -0.25) is 0 Å². The minimum absolute atomic E-state index is 0.0237. The molecule has 1 aliphatic carbocycles. The van der Waals surface area contributed by atoms with Crippen LogP contribution >= 0.6 is 0 Å². The van der Waals surface area contributed by atoms with Crippen molar-refractivity contribution in [1.29, 1.82) is 0 Å². The Hall–Kier alpha value is -0.300. The molecule has 0 aromatic carbocycles. The molecule has 14 heavy (non-hydrogen) atoms. The fourth-order valence-electron chi connectivity index (χ4n) is 3.12. The van der Waals surface area contributed by atoms with Crippen molar-refractivity contribution in [3.63, 3.8) is 0 Å². The van der Waals surface area contributed by atoms with Crippen LogP contribution in [0.4, 0.5) is 0 Å². The smallest absolute Gasteiger partial charge is 0.0952 e. The molecule has 1 nitrogen and oxygen atoms in total. The molecule has 1 rings (SSSR count). The van der Waals surface area contributed by atoms with Crippen LogP contribution in [0.2, 0.25) is 0 Å². The molecule has 1 aliphatic rings. The second-order valence-corrected chi connectivity index (χ2v) is 6.27. The number of hydrogen-bond donors (Lipinski definition) is 1. The minimum atomic E-state index is -0.668. The van der Waals surface area contributed by atoms with Crippen molar-refractivity contribution in [2.75, 3.05) is 0 Å². The van der Waals surface area contributed by atoms with Gasteiger partial charge in [0.15, 0.2) is 0 Å². The topological polar surface area (TPSA) is 20.2 Å². The molecule has 1 atom stereocenters. The molecule has 0 bridgehead atoms. The summed E-state index contributed by atoms with van der Waals surface area (Å²) >= 11 is 0. The fourth-order valence-corrected chi connectivity index (χ4v) is 3.12. The first kappa shape index (κ1) is 11.8. The molecule has 0 saturated heterocycles. The van der Waals surface area contributed by atoms with Crippen molar-refractivity contribution in [2.45, 2.75) is 60.0 Å². The van der Waals surface area contributed by atoms with E-state index in [1.54, 1.807) is 0 Å². The Morgan fingerprint density at radius 3 is 2.07 bits per heavy atom. The molecule has 82 valence electrons. The van der Waals surface area contributed by atoms with E-state index in [-0.39, 0.29) is 10.8 Å². The van der Waals surface area contributed by atoms with Gasteiger partial charge in [-0.05, 0) is 36.2 Å². The van der Waals surface area contributed by atoms with Gasteiger partial charge < -0.3 is 5.11 Å². The molecule has 0 spiro atoms. The van der Waals surface area contributed by atoms with Gasteiger partial charge in [-0.2, -0.15) is 0 Å². The zero-order valence-electron chi connectivity index (χ0n) is 10.4. The van der Waals surface area contributed by atoms with E-state index in [9.17, 15) is 5.11 Å². The molecule has 0 aliphatic heterocycles. The van der Waals surface area contributed by atoms with Crippen LogP contribution in [0.3, 0.4) is 0 Å². The Labute approximate surface area is 88.2 Å². The highest BCUT2D eigenvalue weighted by molar-refractivity contribution is 5.26. The molecular weight excluding hydrogens is 172 g/mol. The SMILES string of the molecule is CC1=CCCC(C)(C)C1(O)C(C)(C)C. The van der Waals surface area contributed by atoms with Crippen molar-refractivity contribution in [1.82, 2.24) is 0 Å². The Bertz CT molecular complexity index is 255. The molecule has 0 radical (unpaired) electrons. The summed E-state index contributed by atoms with van der Waals surface area (Å²) in [5.41, 5.74) is 0.348. The highest BCUT2D eigenvalue weighted by Gasteiger charge is 2.53. The lowest BCUT2D eigenvalue weighted by Gasteiger charge is -2.54. The molecule has 0 heterocycles. The Balaban J connectivity index is 3.26. The van der Waals surface area contributed by atoms with Gasteiger partial charge >= 0.3 is 0 Å². The summed E-state index contributed by atoms with van der Waals surface area (Å²) in [6.45, 7) is 12.8. The Morgan fingerprint density at radius 2 is 1.79 bits per heavy atom. The summed E-state index contributed by atoms with van der Waals surface area (Å²) in [4.78, 5) is 0. The van der Waals surface area contributed by atoms with E-state index in [0.29, 0.717) is 0 Å². The van der Waals surface area contributed by atoms with Crippen LogP contribution < -0.4 is 0 Å². The summed E-state index contributed by atoms with van der Waals surface area (Å²) in [7, 11) is 0. The van der Waals surface area contributed by atoms with Crippen molar-refractivity contribution in [3.05, 3.63) is 11.6 Å². The Kier molecular flexibility index (Phi) is 2.60. The number of hydrogen-bond acceptors (Lipinski definition) is 1. The standard InChI is InChI=1S/C13H24O/c1-10-8-7-9-12(5,6)13(10,14)11(2,3)4/h8,14H,7,9H2,1-6H3. The zero-order chi connectivity index (χ0) is 11.2. The van der Waals surface area contributed by atoms with Crippen molar-refractivity contribution >= 4 is 0 Å². The lowest BCUT2D eigenvalue weighted by Crippen LogP contribution is -2.56. The van der Waals surface area contributed by atoms with Crippen LogP contribution in [0.25, 0.3) is 0 Å². The fraction of sp³-hybridized carbons (Fsp3) is 0.846. The summed E-state index contributed by atoms with van der Waals surface area (Å²) in [6, 6.07) is 0. The number of aliphatic hydroxyl groups is 1. The molecular formula is C13H24O. The van der Waals surface area contributed by atoms with Gasteiger partial charge in [0.1, 0.15) is 0 Å². The highest BCUT2D eigenvalue weighted by Crippen LogP contribution is 2.53. The highest BCUT2D eigenvalue weighted by atomic mass is 16.3. The van der Waals surface area contributed by atoms with Gasteiger partial charge in [0.25, 0.3) is 0 Å². The molecule has 1 N–H and O–H groups in total. The maximum Gasteiger partial charge on any atom is 0.0952 e. The third kappa shape index (κ3) is 1.42. The lowest BCUT2D eigenvalue weighted by molar-refractivity contribution is -0.121. The minimum Gasteiger partial charge on any atom is -0.384 e. The predicted molar refractivity (Wildman–Crippen MR) is 61.2 cm³/mol. The first-order valence-corrected chi connectivity index (χ1v) is 5.52. The van der Waals surface area contributed by atoms with Gasteiger partial charge in [0.05, 0.1) is 5.60 Å². The average molecular weight is 196 g/mol.